The van der Waals surface area contributed by atoms with Gasteiger partial charge in [0.1, 0.15) is 4.90 Å². The Bertz CT molecular complexity index is 544. The van der Waals surface area contributed by atoms with E-state index in [1.165, 1.54) is 12.1 Å². The normalized spacial score (nSPS) is 14.6. The highest BCUT2D eigenvalue weighted by atomic mass is 79.9. The van der Waals surface area contributed by atoms with Crippen molar-refractivity contribution in [1.82, 2.24) is 4.72 Å². The van der Waals surface area contributed by atoms with Crippen LogP contribution in [0, 0.1) is 0 Å². The van der Waals surface area contributed by atoms with Crippen molar-refractivity contribution in [2.45, 2.75) is 36.0 Å². The van der Waals surface area contributed by atoms with Crippen LogP contribution in [0.5, 0.6) is 0 Å². The van der Waals surface area contributed by atoms with Crippen LogP contribution in [0.1, 0.15) is 20.8 Å². The van der Waals surface area contributed by atoms with Crippen LogP contribution in [0.3, 0.4) is 0 Å². The molecule has 0 amide bonds. The van der Waals surface area contributed by atoms with Crippen LogP contribution in [0.25, 0.3) is 0 Å². The summed E-state index contributed by atoms with van der Waals surface area (Å²) in [6, 6.07) is 4.34. The lowest BCUT2D eigenvalue weighted by molar-refractivity contribution is 0.454. The lowest BCUT2D eigenvalue weighted by Crippen LogP contribution is -2.48. The van der Waals surface area contributed by atoms with E-state index < -0.39 is 15.6 Å². The summed E-state index contributed by atoms with van der Waals surface area (Å²) in [7, 11) is -3.71. The lowest BCUT2D eigenvalue weighted by Gasteiger charge is -2.29. The minimum atomic E-state index is -3.71. The number of halogens is 3. The molecule has 1 rings (SSSR count). The molecule has 3 nitrogen and oxygen atoms in total. The first-order valence-electron chi connectivity index (χ1n) is 5.19. The fourth-order valence-corrected chi connectivity index (χ4v) is 3.68. The summed E-state index contributed by atoms with van der Waals surface area (Å²) >= 11 is 15.1. The molecule has 0 bridgehead atoms. The van der Waals surface area contributed by atoms with Crippen molar-refractivity contribution < 1.29 is 8.42 Å². The fourth-order valence-electron chi connectivity index (χ4n) is 1.17. The summed E-state index contributed by atoms with van der Waals surface area (Å²) in [6.07, 6.45) is 0. The summed E-state index contributed by atoms with van der Waals surface area (Å²) < 4.78 is 27.1. The van der Waals surface area contributed by atoms with Gasteiger partial charge in [0.25, 0.3) is 0 Å². The first-order valence-corrected chi connectivity index (χ1v) is 8.35. The average molecular weight is 375 g/mol. The molecule has 0 radical (unpaired) electrons. The summed E-state index contributed by atoms with van der Waals surface area (Å²) in [4.78, 5) is -0.0596. The molecule has 0 saturated heterocycles. The Hall–Kier alpha value is 0.190. The third-order valence-electron chi connectivity index (χ3n) is 2.57. The van der Waals surface area contributed by atoms with Gasteiger partial charge in [-0.15, -0.1) is 0 Å². The highest BCUT2D eigenvalue weighted by molar-refractivity contribution is 9.09. The van der Waals surface area contributed by atoms with E-state index in [1.807, 2.05) is 6.92 Å². The molecular formula is C11H14BrCl2NO2S. The molecule has 1 N–H and O–H groups in total. The Kier molecular flexibility index (Phi) is 5.12. The molecule has 1 unspecified atom stereocenters. The van der Waals surface area contributed by atoms with E-state index in [4.69, 9.17) is 23.2 Å². The number of benzene rings is 1. The SMILES string of the molecule is CC(Br)C(C)(C)NS(=O)(=O)c1cc(Cl)ccc1Cl. The van der Waals surface area contributed by atoms with Gasteiger partial charge in [-0.2, -0.15) is 0 Å². The first kappa shape index (κ1) is 16.2. The smallest absolute Gasteiger partial charge is 0.207 e. The van der Waals surface area contributed by atoms with E-state index >= 15 is 0 Å². The molecule has 0 spiro atoms. The van der Waals surface area contributed by atoms with Gasteiger partial charge in [-0.3, -0.25) is 0 Å². The van der Waals surface area contributed by atoms with E-state index in [0.717, 1.165) is 0 Å². The third-order valence-corrected chi connectivity index (χ3v) is 6.11. The average Bonchev–Trinajstić information content (AvgIpc) is 2.19. The van der Waals surface area contributed by atoms with Gasteiger partial charge >= 0.3 is 0 Å². The van der Waals surface area contributed by atoms with Crippen LogP contribution < -0.4 is 4.72 Å². The maximum absolute atomic E-state index is 12.3. The predicted octanol–water partition coefficient (Wildman–Crippen LogP) is 3.83. The van der Waals surface area contributed by atoms with E-state index in [0.29, 0.717) is 5.02 Å². The van der Waals surface area contributed by atoms with Gasteiger partial charge in [0.2, 0.25) is 10.0 Å². The number of alkyl halides is 1. The molecule has 0 aromatic heterocycles. The maximum Gasteiger partial charge on any atom is 0.242 e. The van der Waals surface area contributed by atoms with Crippen molar-refractivity contribution in [1.29, 1.82) is 0 Å². The zero-order valence-corrected chi connectivity index (χ0v) is 14.1. The Morgan fingerprint density at radius 3 is 2.39 bits per heavy atom. The molecule has 0 saturated carbocycles. The minimum Gasteiger partial charge on any atom is -0.207 e. The van der Waals surface area contributed by atoms with Crippen LogP contribution in [0.15, 0.2) is 23.1 Å². The van der Waals surface area contributed by atoms with Gasteiger partial charge < -0.3 is 0 Å². The minimum absolute atomic E-state index is 0.0158. The van der Waals surface area contributed by atoms with Crippen molar-refractivity contribution in [3.8, 4) is 0 Å². The van der Waals surface area contributed by atoms with E-state index in [9.17, 15) is 8.42 Å². The molecular weight excluding hydrogens is 361 g/mol. The van der Waals surface area contributed by atoms with E-state index in [-0.39, 0.29) is 14.7 Å². The van der Waals surface area contributed by atoms with Crippen molar-refractivity contribution in [2.75, 3.05) is 0 Å². The second kappa shape index (κ2) is 5.67. The largest absolute Gasteiger partial charge is 0.242 e. The lowest BCUT2D eigenvalue weighted by atomic mass is 10.0. The number of hydrogen-bond acceptors (Lipinski definition) is 2. The number of nitrogens with one attached hydrogen (secondary N) is 1. The molecule has 18 heavy (non-hydrogen) atoms. The number of rotatable bonds is 4. The molecule has 7 heteroatoms. The zero-order chi connectivity index (χ0) is 14.1. The first-order chi connectivity index (χ1) is 8.06. The van der Waals surface area contributed by atoms with Crippen molar-refractivity contribution in [3.63, 3.8) is 0 Å². The third kappa shape index (κ3) is 3.84. The highest BCUT2D eigenvalue weighted by Crippen LogP contribution is 2.27. The topological polar surface area (TPSA) is 46.2 Å². The number of sulfonamides is 1. The molecule has 1 aromatic rings. The molecule has 0 heterocycles. The molecule has 0 aliphatic carbocycles. The van der Waals surface area contributed by atoms with Gasteiger partial charge in [-0.25, -0.2) is 13.1 Å². The quantitative estimate of drug-likeness (QED) is 0.814. The van der Waals surface area contributed by atoms with E-state index in [2.05, 4.69) is 20.7 Å². The van der Waals surface area contributed by atoms with Crippen molar-refractivity contribution in [3.05, 3.63) is 28.2 Å². The molecule has 1 atom stereocenters. The van der Waals surface area contributed by atoms with Crippen LogP contribution in [-0.2, 0) is 10.0 Å². The predicted molar refractivity (Wildman–Crippen MR) is 79.3 cm³/mol. The Labute approximate surface area is 126 Å². The molecule has 0 aliphatic heterocycles. The van der Waals surface area contributed by atoms with Crippen molar-refractivity contribution in [2.24, 2.45) is 0 Å². The maximum atomic E-state index is 12.3. The van der Waals surface area contributed by atoms with E-state index in [1.54, 1.807) is 19.9 Å². The summed E-state index contributed by atoms with van der Waals surface area (Å²) in [5, 5.41) is 0.467. The summed E-state index contributed by atoms with van der Waals surface area (Å²) in [5.41, 5.74) is -0.648. The highest BCUT2D eigenvalue weighted by Gasteiger charge is 2.31. The fraction of sp³-hybridized carbons (Fsp3) is 0.455. The Morgan fingerprint density at radius 1 is 1.33 bits per heavy atom. The molecule has 0 aliphatic rings. The van der Waals surface area contributed by atoms with Crippen LogP contribution >= 0.6 is 39.1 Å². The van der Waals surface area contributed by atoms with Gasteiger partial charge in [-0.05, 0) is 32.0 Å². The molecule has 1 aromatic carbocycles. The number of hydrogen-bond donors (Lipinski definition) is 1. The monoisotopic (exact) mass is 373 g/mol. The summed E-state index contributed by atoms with van der Waals surface area (Å²) in [6.45, 7) is 5.42. The second-order valence-electron chi connectivity index (χ2n) is 4.52. The van der Waals surface area contributed by atoms with Crippen LogP contribution in [-0.4, -0.2) is 18.8 Å². The summed E-state index contributed by atoms with van der Waals surface area (Å²) in [5.74, 6) is 0. The van der Waals surface area contributed by atoms with Gasteiger partial charge in [0.05, 0.1) is 5.02 Å². The molecule has 0 fully saturated rings. The Balaban J connectivity index is 3.19. The second-order valence-corrected chi connectivity index (χ2v) is 8.39. The van der Waals surface area contributed by atoms with Gasteiger partial charge in [0.15, 0.2) is 0 Å². The van der Waals surface area contributed by atoms with Crippen molar-refractivity contribution >= 4 is 49.2 Å². The Morgan fingerprint density at radius 2 is 1.89 bits per heavy atom. The van der Waals surface area contributed by atoms with Crippen LogP contribution in [0.2, 0.25) is 10.0 Å². The van der Waals surface area contributed by atoms with Crippen LogP contribution in [0.4, 0.5) is 0 Å². The van der Waals surface area contributed by atoms with Gasteiger partial charge in [-0.1, -0.05) is 46.1 Å². The standard InChI is InChI=1S/C11H14BrCl2NO2S/c1-7(12)11(2,3)15-18(16,17)10-6-8(13)4-5-9(10)14/h4-7,15H,1-3H3. The van der Waals surface area contributed by atoms with Gasteiger partial charge in [0, 0.05) is 15.4 Å². The molecule has 102 valence electrons. The zero-order valence-electron chi connectivity index (χ0n) is 10.2.